The van der Waals surface area contributed by atoms with Gasteiger partial charge in [-0.1, -0.05) is 23.7 Å². The lowest BCUT2D eigenvalue weighted by Crippen LogP contribution is -2.55. The SMILES string of the molecule is COc1ccc2c(c1)Oc1ccccc1N=C2N1CCN(S(=O)(=O)c2ccc(Cl)cc2)C(C)C1. The fourth-order valence-corrected chi connectivity index (χ4v) is 6.04. The van der Waals surface area contributed by atoms with Crippen LogP contribution < -0.4 is 9.47 Å². The highest BCUT2D eigenvalue weighted by Crippen LogP contribution is 2.40. The van der Waals surface area contributed by atoms with Crippen LogP contribution in [-0.4, -0.2) is 56.2 Å². The van der Waals surface area contributed by atoms with Crippen molar-refractivity contribution in [3.05, 3.63) is 77.3 Å². The van der Waals surface area contributed by atoms with Crippen LogP contribution in [0.5, 0.6) is 17.2 Å². The first-order valence-electron chi connectivity index (χ1n) is 10.9. The first-order valence-corrected chi connectivity index (χ1v) is 12.7. The average molecular weight is 498 g/mol. The van der Waals surface area contributed by atoms with Gasteiger partial charge in [0.2, 0.25) is 10.0 Å². The zero-order chi connectivity index (χ0) is 23.9. The van der Waals surface area contributed by atoms with Crippen molar-refractivity contribution in [2.24, 2.45) is 4.99 Å². The maximum atomic E-state index is 13.3. The minimum Gasteiger partial charge on any atom is -0.497 e. The lowest BCUT2D eigenvalue weighted by molar-refractivity contribution is 0.205. The van der Waals surface area contributed by atoms with Gasteiger partial charge in [-0.3, -0.25) is 0 Å². The number of amidine groups is 1. The van der Waals surface area contributed by atoms with E-state index in [4.69, 9.17) is 26.1 Å². The molecule has 0 radical (unpaired) electrons. The van der Waals surface area contributed by atoms with Crippen molar-refractivity contribution < 1.29 is 17.9 Å². The number of hydrogen-bond donors (Lipinski definition) is 0. The number of benzene rings is 3. The van der Waals surface area contributed by atoms with Crippen LogP contribution in [0, 0.1) is 0 Å². The van der Waals surface area contributed by atoms with Crippen LogP contribution in [0.1, 0.15) is 12.5 Å². The van der Waals surface area contributed by atoms with Gasteiger partial charge < -0.3 is 14.4 Å². The molecule has 2 aliphatic heterocycles. The Morgan fingerprint density at radius 2 is 1.79 bits per heavy atom. The second kappa shape index (κ2) is 8.94. The summed E-state index contributed by atoms with van der Waals surface area (Å²) in [5.74, 6) is 2.73. The molecule has 0 amide bonds. The topological polar surface area (TPSA) is 71.4 Å². The van der Waals surface area contributed by atoms with E-state index in [1.165, 1.54) is 0 Å². The maximum absolute atomic E-state index is 13.3. The molecule has 5 rings (SSSR count). The summed E-state index contributed by atoms with van der Waals surface area (Å²) in [6.45, 7) is 3.22. The number of nitrogens with zero attached hydrogens (tertiary/aromatic N) is 3. The minimum absolute atomic E-state index is 0.240. The molecule has 2 heterocycles. The Bertz CT molecular complexity index is 1360. The van der Waals surface area contributed by atoms with Crippen molar-refractivity contribution in [2.45, 2.75) is 17.9 Å². The summed E-state index contributed by atoms with van der Waals surface area (Å²) in [4.78, 5) is 7.30. The monoisotopic (exact) mass is 497 g/mol. The molecule has 3 aromatic rings. The Kier molecular flexibility index (Phi) is 5.97. The molecule has 0 spiro atoms. The molecule has 3 aromatic carbocycles. The number of hydrogen-bond acceptors (Lipinski definition) is 6. The highest BCUT2D eigenvalue weighted by molar-refractivity contribution is 7.89. The number of aliphatic imine (C=N–C) groups is 1. The number of fused-ring (bicyclic) bond motifs is 2. The van der Waals surface area contributed by atoms with Crippen molar-refractivity contribution in [3.8, 4) is 17.2 Å². The van der Waals surface area contributed by atoms with Crippen LogP contribution in [0.2, 0.25) is 5.02 Å². The molecule has 1 atom stereocenters. The number of sulfonamides is 1. The van der Waals surface area contributed by atoms with E-state index in [0.717, 1.165) is 17.1 Å². The van der Waals surface area contributed by atoms with E-state index in [9.17, 15) is 8.42 Å². The number of rotatable bonds is 3. The fourth-order valence-electron chi connectivity index (χ4n) is 4.30. The quantitative estimate of drug-likeness (QED) is 0.513. The van der Waals surface area contributed by atoms with Crippen molar-refractivity contribution in [1.29, 1.82) is 0 Å². The zero-order valence-corrected chi connectivity index (χ0v) is 20.4. The molecule has 1 fully saturated rings. The smallest absolute Gasteiger partial charge is 0.243 e. The zero-order valence-electron chi connectivity index (χ0n) is 18.8. The Balaban J connectivity index is 1.48. The molecular formula is C25H24ClN3O4S. The second-order valence-corrected chi connectivity index (χ2v) is 10.6. The van der Waals surface area contributed by atoms with E-state index in [-0.39, 0.29) is 10.9 Å². The predicted molar refractivity (Wildman–Crippen MR) is 132 cm³/mol. The molecule has 9 heteroatoms. The van der Waals surface area contributed by atoms with Crippen molar-refractivity contribution in [2.75, 3.05) is 26.7 Å². The third-order valence-electron chi connectivity index (χ3n) is 6.03. The summed E-state index contributed by atoms with van der Waals surface area (Å²) in [6.07, 6.45) is 0. The van der Waals surface area contributed by atoms with Gasteiger partial charge in [0.15, 0.2) is 5.75 Å². The van der Waals surface area contributed by atoms with Gasteiger partial charge in [0, 0.05) is 36.8 Å². The Labute approximate surface area is 204 Å². The summed E-state index contributed by atoms with van der Waals surface area (Å²) in [5.41, 5.74) is 1.55. The van der Waals surface area contributed by atoms with Crippen molar-refractivity contribution >= 4 is 33.1 Å². The molecule has 0 bridgehead atoms. The first-order chi connectivity index (χ1) is 16.4. The van der Waals surface area contributed by atoms with Gasteiger partial charge in [-0.2, -0.15) is 4.31 Å². The van der Waals surface area contributed by atoms with Crippen LogP contribution >= 0.6 is 11.6 Å². The Morgan fingerprint density at radius 1 is 1.03 bits per heavy atom. The van der Waals surface area contributed by atoms with Gasteiger partial charge in [-0.25, -0.2) is 13.4 Å². The van der Waals surface area contributed by atoms with E-state index < -0.39 is 10.0 Å². The Hall–Kier alpha value is -3.07. The molecule has 7 nitrogen and oxygen atoms in total. The number of halogens is 1. The van der Waals surface area contributed by atoms with Gasteiger partial charge in [0.1, 0.15) is 23.0 Å². The highest BCUT2D eigenvalue weighted by Gasteiger charge is 2.36. The van der Waals surface area contributed by atoms with Crippen molar-refractivity contribution in [3.63, 3.8) is 0 Å². The van der Waals surface area contributed by atoms with Crippen LogP contribution in [0.3, 0.4) is 0 Å². The van der Waals surface area contributed by atoms with E-state index in [1.807, 2.05) is 49.4 Å². The van der Waals surface area contributed by atoms with E-state index >= 15 is 0 Å². The first kappa shape index (κ1) is 22.7. The van der Waals surface area contributed by atoms with E-state index in [2.05, 4.69) is 4.90 Å². The number of piperazine rings is 1. The fraction of sp³-hybridized carbons (Fsp3) is 0.240. The van der Waals surface area contributed by atoms with Crippen molar-refractivity contribution in [1.82, 2.24) is 9.21 Å². The number of ether oxygens (including phenoxy) is 2. The summed E-state index contributed by atoms with van der Waals surface area (Å²) < 4.78 is 39.7. The summed E-state index contributed by atoms with van der Waals surface area (Å²) >= 11 is 5.94. The largest absolute Gasteiger partial charge is 0.497 e. The molecule has 34 heavy (non-hydrogen) atoms. The Morgan fingerprint density at radius 3 is 2.53 bits per heavy atom. The molecule has 176 valence electrons. The second-order valence-electron chi connectivity index (χ2n) is 8.23. The van der Waals surface area contributed by atoms with Gasteiger partial charge >= 0.3 is 0 Å². The van der Waals surface area contributed by atoms with E-state index in [0.29, 0.717) is 41.9 Å². The van der Waals surface area contributed by atoms with Gasteiger partial charge in [0.25, 0.3) is 0 Å². The third-order valence-corrected chi connectivity index (χ3v) is 8.31. The minimum atomic E-state index is -3.64. The van der Waals surface area contributed by atoms with Crippen LogP contribution in [0.4, 0.5) is 5.69 Å². The van der Waals surface area contributed by atoms with Crippen LogP contribution in [0.15, 0.2) is 76.6 Å². The molecule has 0 aromatic heterocycles. The standard InChI is InChI=1S/C25H24ClN3O4S/c1-17-16-28(13-14-29(17)34(30,31)20-10-7-18(26)8-11-20)25-21-12-9-19(32-2)15-24(21)33-23-6-4-3-5-22(23)27-25/h3-12,15,17H,13-14,16H2,1-2H3. The lowest BCUT2D eigenvalue weighted by Gasteiger charge is -2.40. The van der Waals surface area contributed by atoms with Crippen LogP contribution in [-0.2, 0) is 10.0 Å². The maximum Gasteiger partial charge on any atom is 0.243 e. The summed E-state index contributed by atoms with van der Waals surface area (Å²) in [7, 11) is -2.03. The van der Waals surface area contributed by atoms with Gasteiger partial charge in [-0.05, 0) is 55.5 Å². The summed E-state index contributed by atoms with van der Waals surface area (Å²) in [6, 6.07) is 19.3. The lowest BCUT2D eigenvalue weighted by atomic mass is 10.1. The third kappa shape index (κ3) is 4.13. The highest BCUT2D eigenvalue weighted by atomic mass is 35.5. The normalized spacial score (nSPS) is 18.3. The number of para-hydroxylation sites is 2. The molecule has 0 aliphatic carbocycles. The average Bonchev–Trinajstić information content (AvgIpc) is 3.00. The molecule has 1 saturated heterocycles. The number of methoxy groups -OCH3 is 1. The predicted octanol–water partition coefficient (Wildman–Crippen LogP) is 4.93. The molecule has 0 N–H and O–H groups in total. The molecule has 0 saturated carbocycles. The van der Waals surface area contributed by atoms with Gasteiger partial charge in [0.05, 0.1) is 17.6 Å². The molecule has 2 aliphatic rings. The molecular weight excluding hydrogens is 474 g/mol. The van der Waals surface area contributed by atoms with E-state index in [1.54, 1.807) is 35.7 Å². The van der Waals surface area contributed by atoms with Crippen LogP contribution in [0.25, 0.3) is 0 Å². The summed E-state index contributed by atoms with van der Waals surface area (Å²) in [5, 5.41) is 0.501. The molecule has 1 unspecified atom stereocenters. The van der Waals surface area contributed by atoms with Gasteiger partial charge in [-0.15, -0.1) is 0 Å².